The topological polar surface area (TPSA) is 67.9 Å². The Morgan fingerprint density at radius 3 is 2.00 bits per heavy atom. The number of nitrogens with zero attached hydrogens (tertiary/aromatic N) is 1. The first kappa shape index (κ1) is 18.1. The third-order valence-corrected chi connectivity index (χ3v) is 4.89. The molecule has 1 saturated heterocycles. The molecule has 0 unspecified atom stereocenters. The molecule has 8 heteroatoms. The Labute approximate surface area is 139 Å². The van der Waals surface area contributed by atoms with Gasteiger partial charge >= 0.3 is 7.12 Å². The molecule has 1 aromatic carbocycles. The minimum absolute atomic E-state index is 0.448. The Morgan fingerprint density at radius 2 is 1.57 bits per heavy atom. The number of hydrogen-bond donors (Lipinski definition) is 1. The van der Waals surface area contributed by atoms with Crippen LogP contribution < -0.4 is 15.1 Å². The standard InChI is InChI=1S/C15H25BN2O4S/c1-14(2)15(3,4)22-16(21-14)11-8-12(17-23(7,19)20)10-13(9-11)18(5)6/h8-10,17H,1-7H3. The predicted octanol–water partition coefficient (Wildman–Crippen LogP) is 1.42. The van der Waals surface area contributed by atoms with Crippen molar-refractivity contribution in [1.29, 1.82) is 0 Å². The van der Waals surface area contributed by atoms with E-state index in [1.54, 1.807) is 12.1 Å². The average molecular weight is 340 g/mol. The van der Waals surface area contributed by atoms with Crippen LogP contribution in [0.25, 0.3) is 0 Å². The van der Waals surface area contributed by atoms with Gasteiger partial charge in [-0.2, -0.15) is 0 Å². The van der Waals surface area contributed by atoms with Gasteiger partial charge in [0, 0.05) is 19.8 Å². The van der Waals surface area contributed by atoms with Gasteiger partial charge in [-0.25, -0.2) is 8.42 Å². The first-order chi connectivity index (χ1) is 10.3. The van der Waals surface area contributed by atoms with Crippen molar-refractivity contribution in [3.63, 3.8) is 0 Å². The molecule has 0 saturated carbocycles. The zero-order chi connectivity index (χ0) is 17.6. The molecule has 0 aliphatic carbocycles. The van der Waals surface area contributed by atoms with Crippen LogP contribution in [0.3, 0.4) is 0 Å². The summed E-state index contributed by atoms with van der Waals surface area (Å²) in [7, 11) is -0.105. The molecule has 1 aromatic rings. The van der Waals surface area contributed by atoms with Gasteiger partial charge in [0.2, 0.25) is 10.0 Å². The molecule has 0 atom stereocenters. The summed E-state index contributed by atoms with van der Waals surface area (Å²) >= 11 is 0. The summed E-state index contributed by atoms with van der Waals surface area (Å²) in [6, 6.07) is 5.46. The molecular weight excluding hydrogens is 315 g/mol. The Hall–Kier alpha value is -1.25. The molecule has 6 nitrogen and oxygen atoms in total. The fraction of sp³-hybridized carbons (Fsp3) is 0.600. The van der Waals surface area contributed by atoms with Crippen molar-refractivity contribution in [2.24, 2.45) is 0 Å². The second-order valence-corrected chi connectivity index (χ2v) is 8.92. The van der Waals surface area contributed by atoms with E-state index >= 15 is 0 Å². The molecule has 1 aliphatic rings. The van der Waals surface area contributed by atoms with Crippen LogP contribution in [0.2, 0.25) is 0 Å². The molecule has 0 amide bonds. The minimum Gasteiger partial charge on any atom is -0.399 e. The lowest BCUT2D eigenvalue weighted by atomic mass is 9.78. The number of anilines is 2. The van der Waals surface area contributed by atoms with Gasteiger partial charge in [0.1, 0.15) is 0 Å². The number of rotatable bonds is 4. The van der Waals surface area contributed by atoms with Gasteiger partial charge in [-0.15, -0.1) is 0 Å². The highest BCUT2D eigenvalue weighted by Crippen LogP contribution is 2.36. The van der Waals surface area contributed by atoms with Crippen LogP contribution in [0.4, 0.5) is 11.4 Å². The van der Waals surface area contributed by atoms with E-state index in [9.17, 15) is 8.42 Å². The predicted molar refractivity (Wildman–Crippen MR) is 95.0 cm³/mol. The van der Waals surface area contributed by atoms with E-state index in [1.165, 1.54) is 0 Å². The molecule has 0 aromatic heterocycles. The maximum absolute atomic E-state index is 11.5. The van der Waals surface area contributed by atoms with Crippen LogP contribution in [0.5, 0.6) is 0 Å². The third kappa shape index (κ3) is 3.99. The van der Waals surface area contributed by atoms with E-state index in [1.807, 2.05) is 52.8 Å². The maximum Gasteiger partial charge on any atom is 0.494 e. The van der Waals surface area contributed by atoms with Crippen LogP contribution in [0.1, 0.15) is 27.7 Å². The molecule has 1 fully saturated rings. The molecule has 2 rings (SSSR count). The van der Waals surface area contributed by atoms with E-state index in [0.29, 0.717) is 5.69 Å². The number of hydrogen-bond acceptors (Lipinski definition) is 5. The van der Waals surface area contributed by atoms with Gasteiger partial charge in [0.25, 0.3) is 0 Å². The molecule has 1 heterocycles. The smallest absolute Gasteiger partial charge is 0.399 e. The van der Waals surface area contributed by atoms with Crippen molar-refractivity contribution < 1.29 is 17.7 Å². The van der Waals surface area contributed by atoms with E-state index in [4.69, 9.17) is 9.31 Å². The van der Waals surface area contributed by atoms with Crippen LogP contribution in [0.15, 0.2) is 18.2 Å². The van der Waals surface area contributed by atoms with Crippen LogP contribution >= 0.6 is 0 Å². The van der Waals surface area contributed by atoms with E-state index < -0.39 is 28.3 Å². The summed E-state index contributed by atoms with van der Waals surface area (Å²) in [5.74, 6) is 0. The van der Waals surface area contributed by atoms with Crippen molar-refractivity contribution in [3.05, 3.63) is 18.2 Å². The zero-order valence-corrected chi connectivity index (χ0v) is 15.6. The third-order valence-electron chi connectivity index (χ3n) is 4.29. The van der Waals surface area contributed by atoms with Crippen molar-refractivity contribution >= 4 is 34.0 Å². The Kier molecular flexibility index (Phi) is 4.47. The van der Waals surface area contributed by atoms with Gasteiger partial charge < -0.3 is 14.2 Å². The lowest BCUT2D eigenvalue weighted by Crippen LogP contribution is -2.41. The molecule has 0 bridgehead atoms. The first-order valence-electron chi connectivity index (χ1n) is 7.46. The molecule has 1 N–H and O–H groups in total. The zero-order valence-electron chi connectivity index (χ0n) is 14.8. The molecule has 128 valence electrons. The fourth-order valence-corrected chi connectivity index (χ4v) is 2.83. The van der Waals surface area contributed by atoms with Crippen LogP contribution in [-0.2, 0) is 19.3 Å². The summed E-state index contributed by atoms with van der Waals surface area (Å²) in [5.41, 5.74) is 1.24. The molecule has 23 heavy (non-hydrogen) atoms. The Morgan fingerprint density at radius 1 is 1.04 bits per heavy atom. The number of sulfonamides is 1. The minimum atomic E-state index is -3.36. The monoisotopic (exact) mass is 340 g/mol. The summed E-state index contributed by atoms with van der Waals surface area (Å²) in [4.78, 5) is 1.90. The second-order valence-electron chi connectivity index (χ2n) is 7.17. The SMILES string of the molecule is CN(C)c1cc(NS(C)(=O)=O)cc(B2OC(C)(C)C(C)(C)O2)c1. The summed E-state index contributed by atoms with van der Waals surface area (Å²) in [6.07, 6.45) is 1.13. The first-order valence-corrected chi connectivity index (χ1v) is 9.36. The lowest BCUT2D eigenvalue weighted by Gasteiger charge is -2.32. The van der Waals surface area contributed by atoms with Gasteiger partial charge in [0.05, 0.1) is 23.1 Å². The highest BCUT2D eigenvalue weighted by Gasteiger charge is 2.51. The highest BCUT2D eigenvalue weighted by molar-refractivity contribution is 7.92. The highest BCUT2D eigenvalue weighted by atomic mass is 32.2. The second kappa shape index (κ2) is 5.68. The summed E-state index contributed by atoms with van der Waals surface area (Å²) in [5, 5.41) is 0. The molecular formula is C15H25BN2O4S. The molecule has 0 spiro atoms. The van der Waals surface area contributed by atoms with Gasteiger partial charge in [-0.05, 0) is 51.4 Å². The Bertz CT molecular complexity index is 685. The van der Waals surface area contributed by atoms with Gasteiger partial charge in [-0.1, -0.05) is 0 Å². The van der Waals surface area contributed by atoms with E-state index in [2.05, 4.69) is 4.72 Å². The molecule has 1 aliphatic heterocycles. The largest absolute Gasteiger partial charge is 0.494 e. The number of benzene rings is 1. The van der Waals surface area contributed by atoms with Gasteiger partial charge in [0.15, 0.2) is 0 Å². The van der Waals surface area contributed by atoms with Gasteiger partial charge in [-0.3, -0.25) is 4.72 Å². The normalized spacial score (nSPS) is 19.7. The van der Waals surface area contributed by atoms with Crippen molar-refractivity contribution in [2.45, 2.75) is 38.9 Å². The molecule has 0 radical (unpaired) electrons. The quantitative estimate of drug-likeness (QED) is 0.840. The van der Waals surface area contributed by atoms with Crippen molar-refractivity contribution in [1.82, 2.24) is 0 Å². The Balaban J connectivity index is 2.43. The van der Waals surface area contributed by atoms with Crippen LogP contribution in [0, 0.1) is 0 Å². The fourth-order valence-electron chi connectivity index (χ4n) is 2.28. The van der Waals surface area contributed by atoms with E-state index in [-0.39, 0.29) is 0 Å². The van der Waals surface area contributed by atoms with Crippen molar-refractivity contribution in [3.8, 4) is 0 Å². The summed E-state index contributed by atoms with van der Waals surface area (Å²) < 4.78 is 37.7. The van der Waals surface area contributed by atoms with Crippen molar-refractivity contribution in [2.75, 3.05) is 30.0 Å². The van der Waals surface area contributed by atoms with Crippen LogP contribution in [-0.4, -0.2) is 47.1 Å². The maximum atomic E-state index is 11.5. The van der Waals surface area contributed by atoms with E-state index in [0.717, 1.165) is 17.4 Å². The number of nitrogens with one attached hydrogen (secondary N) is 1. The lowest BCUT2D eigenvalue weighted by molar-refractivity contribution is 0.00578. The summed E-state index contributed by atoms with van der Waals surface area (Å²) in [6.45, 7) is 7.94. The average Bonchev–Trinajstić information content (AvgIpc) is 2.56.